The van der Waals surface area contributed by atoms with E-state index < -0.39 is 0 Å². The Morgan fingerprint density at radius 1 is 1.19 bits per heavy atom. The van der Waals surface area contributed by atoms with Crippen LogP contribution >= 0.6 is 11.3 Å². The quantitative estimate of drug-likeness (QED) is 0.707. The summed E-state index contributed by atoms with van der Waals surface area (Å²) >= 11 is 1.70. The van der Waals surface area contributed by atoms with Gasteiger partial charge in [-0.1, -0.05) is 12.1 Å². The third kappa shape index (κ3) is 1.47. The molecule has 0 radical (unpaired) electrons. The van der Waals surface area contributed by atoms with Crippen molar-refractivity contribution in [2.45, 2.75) is 0 Å². The number of hydrogen-bond acceptors (Lipinski definition) is 3. The van der Waals surface area contributed by atoms with Gasteiger partial charge in [0.05, 0.1) is 20.9 Å². The van der Waals surface area contributed by atoms with Gasteiger partial charge >= 0.3 is 0 Å². The minimum absolute atomic E-state index is 0.938. The molecule has 0 fully saturated rings. The molecule has 0 saturated heterocycles. The molecule has 2 aromatic heterocycles. The molecule has 0 aliphatic heterocycles. The van der Waals surface area contributed by atoms with Crippen LogP contribution in [0, 0.1) is 0 Å². The van der Waals surface area contributed by atoms with Crippen LogP contribution in [0.1, 0.15) is 0 Å². The highest BCUT2D eigenvalue weighted by Crippen LogP contribution is 2.30. The zero-order valence-corrected chi connectivity index (χ0v) is 9.64. The minimum atomic E-state index is 0.938. The molecule has 0 spiro atoms. The standard InChI is InChI=1S/C12H11N3S/c1-13-11-7-6-10(16-11)12-14-8-4-2-3-5-9(8)15-12/h2-7,13H,1H3,(H,14,15). The second-order valence-electron chi connectivity index (χ2n) is 3.52. The van der Waals surface area contributed by atoms with Crippen molar-refractivity contribution < 1.29 is 0 Å². The van der Waals surface area contributed by atoms with Gasteiger partial charge in [0, 0.05) is 7.05 Å². The molecule has 4 heteroatoms. The van der Waals surface area contributed by atoms with Crippen molar-refractivity contribution in [2.75, 3.05) is 12.4 Å². The summed E-state index contributed by atoms with van der Waals surface area (Å²) in [6.07, 6.45) is 0. The molecule has 0 atom stereocenters. The van der Waals surface area contributed by atoms with Crippen LogP contribution in [-0.4, -0.2) is 17.0 Å². The number of nitrogens with one attached hydrogen (secondary N) is 2. The number of benzene rings is 1. The van der Waals surface area contributed by atoms with Crippen molar-refractivity contribution in [1.29, 1.82) is 0 Å². The topological polar surface area (TPSA) is 40.7 Å². The summed E-state index contributed by atoms with van der Waals surface area (Å²) < 4.78 is 0. The predicted octanol–water partition coefficient (Wildman–Crippen LogP) is 3.33. The van der Waals surface area contributed by atoms with E-state index in [1.54, 1.807) is 11.3 Å². The van der Waals surface area contributed by atoms with Gasteiger partial charge in [-0.2, -0.15) is 0 Å². The number of aromatic nitrogens is 2. The van der Waals surface area contributed by atoms with Crippen LogP contribution in [0.5, 0.6) is 0 Å². The molecule has 0 saturated carbocycles. The van der Waals surface area contributed by atoms with E-state index in [0.717, 1.165) is 26.7 Å². The van der Waals surface area contributed by atoms with Crippen LogP contribution < -0.4 is 5.32 Å². The van der Waals surface area contributed by atoms with Gasteiger partial charge < -0.3 is 10.3 Å². The molecule has 0 amide bonds. The molecular weight excluding hydrogens is 218 g/mol. The fourth-order valence-electron chi connectivity index (χ4n) is 1.67. The molecule has 2 N–H and O–H groups in total. The highest BCUT2D eigenvalue weighted by Gasteiger charge is 2.06. The van der Waals surface area contributed by atoms with Gasteiger partial charge in [-0.3, -0.25) is 0 Å². The van der Waals surface area contributed by atoms with Gasteiger partial charge in [0.2, 0.25) is 0 Å². The molecular formula is C12H11N3S. The summed E-state index contributed by atoms with van der Waals surface area (Å²) in [6, 6.07) is 12.2. The normalized spacial score (nSPS) is 10.8. The lowest BCUT2D eigenvalue weighted by Crippen LogP contribution is -1.80. The Balaban J connectivity index is 2.11. The summed E-state index contributed by atoms with van der Waals surface area (Å²) in [4.78, 5) is 9.03. The first-order valence-corrected chi connectivity index (χ1v) is 5.91. The number of fused-ring (bicyclic) bond motifs is 1. The summed E-state index contributed by atoms with van der Waals surface area (Å²) in [5, 5.41) is 4.28. The average molecular weight is 229 g/mol. The number of para-hydroxylation sites is 2. The monoisotopic (exact) mass is 229 g/mol. The lowest BCUT2D eigenvalue weighted by atomic mass is 10.3. The Labute approximate surface area is 97.2 Å². The van der Waals surface area contributed by atoms with Crippen LogP contribution in [0.2, 0.25) is 0 Å². The van der Waals surface area contributed by atoms with Gasteiger partial charge in [0.1, 0.15) is 5.82 Å². The molecule has 16 heavy (non-hydrogen) atoms. The summed E-state index contributed by atoms with van der Waals surface area (Å²) in [5.41, 5.74) is 2.09. The molecule has 1 aromatic carbocycles. The Morgan fingerprint density at radius 3 is 2.81 bits per heavy atom. The van der Waals surface area contributed by atoms with Gasteiger partial charge in [-0.05, 0) is 24.3 Å². The van der Waals surface area contributed by atoms with Crippen molar-refractivity contribution in [3.63, 3.8) is 0 Å². The smallest absolute Gasteiger partial charge is 0.148 e. The van der Waals surface area contributed by atoms with Crippen molar-refractivity contribution in [2.24, 2.45) is 0 Å². The van der Waals surface area contributed by atoms with E-state index >= 15 is 0 Å². The van der Waals surface area contributed by atoms with Crippen molar-refractivity contribution in [1.82, 2.24) is 9.97 Å². The fourth-order valence-corrected chi connectivity index (χ4v) is 2.47. The van der Waals surface area contributed by atoms with Gasteiger partial charge in [-0.25, -0.2) is 4.98 Å². The van der Waals surface area contributed by atoms with E-state index in [2.05, 4.69) is 27.4 Å². The first-order valence-electron chi connectivity index (χ1n) is 5.09. The Bertz CT molecular complexity index is 591. The maximum absolute atomic E-state index is 4.56. The molecule has 0 aliphatic carbocycles. The molecule has 3 rings (SSSR count). The second kappa shape index (κ2) is 3.64. The van der Waals surface area contributed by atoms with Crippen LogP contribution in [0.25, 0.3) is 21.7 Å². The van der Waals surface area contributed by atoms with Crippen molar-refractivity contribution in [3.8, 4) is 10.7 Å². The van der Waals surface area contributed by atoms with Crippen LogP contribution in [-0.2, 0) is 0 Å². The van der Waals surface area contributed by atoms with Gasteiger partial charge in [0.15, 0.2) is 0 Å². The highest BCUT2D eigenvalue weighted by molar-refractivity contribution is 7.19. The average Bonchev–Trinajstić information content (AvgIpc) is 2.95. The third-order valence-corrected chi connectivity index (χ3v) is 3.58. The lowest BCUT2D eigenvalue weighted by Gasteiger charge is -1.90. The third-order valence-electron chi connectivity index (χ3n) is 2.48. The summed E-state index contributed by atoms with van der Waals surface area (Å²) in [6.45, 7) is 0. The maximum atomic E-state index is 4.56. The number of hydrogen-bond donors (Lipinski definition) is 2. The number of imidazole rings is 1. The number of H-pyrrole nitrogens is 1. The molecule has 0 aliphatic rings. The highest BCUT2D eigenvalue weighted by atomic mass is 32.1. The summed E-state index contributed by atoms with van der Waals surface area (Å²) in [7, 11) is 1.92. The number of aromatic amines is 1. The zero-order chi connectivity index (χ0) is 11.0. The van der Waals surface area contributed by atoms with E-state index in [1.807, 2.05) is 31.3 Å². The molecule has 2 heterocycles. The van der Waals surface area contributed by atoms with Crippen molar-refractivity contribution >= 4 is 27.4 Å². The van der Waals surface area contributed by atoms with E-state index in [0.29, 0.717) is 0 Å². The molecule has 0 bridgehead atoms. The second-order valence-corrected chi connectivity index (χ2v) is 4.60. The van der Waals surface area contributed by atoms with Gasteiger partial charge in [0.25, 0.3) is 0 Å². The predicted molar refractivity (Wildman–Crippen MR) is 69.0 cm³/mol. The molecule has 80 valence electrons. The SMILES string of the molecule is CNc1ccc(-c2nc3ccccc3[nH]2)s1. The van der Waals surface area contributed by atoms with E-state index in [1.165, 1.54) is 0 Å². The Morgan fingerprint density at radius 2 is 2.06 bits per heavy atom. The van der Waals surface area contributed by atoms with Crippen molar-refractivity contribution in [3.05, 3.63) is 36.4 Å². The van der Waals surface area contributed by atoms with Crippen LogP contribution in [0.4, 0.5) is 5.00 Å². The molecule has 3 aromatic rings. The number of rotatable bonds is 2. The molecule has 3 nitrogen and oxygen atoms in total. The first kappa shape index (κ1) is 9.42. The Kier molecular flexibility index (Phi) is 2.15. The zero-order valence-electron chi connectivity index (χ0n) is 8.82. The number of anilines is 1. The number of thiophene rings is 1. The first-order chi connectivity index (χ1) is 7.86. The van der Waals surface area contributed by atoms with Crippen LogP contribution in [0.3, 0.4) is 0 Å². The largest absolute Gasteiger partial charge is 0.380 e. The van der Waals surface area contributed by atoms with E-state index in [9.17, 15) is 0 Å². The molecule has 0 unspecified atom stereocenters. The fraction of sp³-hybridized carbons (Fsp3) is 0.0833. The number of nitrogens with zero attached hydrogens (tertiary/aromatic N) is 1. The van der Waals surface area contributed by atoms with E-state index in [4.69, 9.17) is 0 Å². The van der Waals surface area contributed by atoms with Gasteiger partial charge in [-0.15, -0.1) is 11.3 Å². The van der Waals surface area contributed by atoms with Crippen LogP contribution in [0.15, 0.2) is 36.4 Å². The minimum Gasteiger partial charge on any atom is -0.380 e. The maximum Gasteiger partial charge on any atom is 0.148 e. The van der Waals surface area contributed by atoms with E-state index in [-0.39, 0.29) is 0 Å². The summed E-state index contributed by atoms with van der Waals surface area (Å²) in [5.74, 6) is 0.938. The lowest BCUT2D eigenvalue weighted by molar-refractivity contribution is 1.36. The Hall–Kier alpha value is -1.81.